The smallest absolute Gasteiger partial charge is 0.255 e. The van der Waals surface area contributed by atoms with Crippen LogP contribution in [0.4, 0.5) is 8.78 Å². The van der Waals surface area contributed by atoms with Crippen molar-refractivity contribution in [1.82, 2.24) is 10.3 Å². The van der Waals surface area contributed by atoms with E-state index in [4.69, 9.17) is 0 Å². The molecule has 0 aliphatic heterocycles. The molecule has 0 radical (unpaired) electrons. The van der Waals surface area contributed by atoms with Gasteiger partial charge in [-0.05, 0) is 18.6 Å². The summed E-state index contributed by atoms with van der Waals surface area (Å²) < 4.78 is 23.6. The summed E-state index contributed by atoms with van der Waals surface area (Å²) in [5.41, 5.74) is 1.04. The standard InChI is InChI=1S/C9H10F2N2O/c1-6-2-3-12-4-7(6)9(14)13-5-8(10)11/h2-4,8H,5H2,1H3,(H,13,14). The van der Waals surface area contributed by atoms with E-state index in [-0.39, 0.29) is 0 Å². The Kier molecular flexibility index (Phi) is 3.50. The zero-order valence-electron chi connectivity index (χ0n) is 7.63. The van der Waals surface area contributed by atoms with Gasteiger partial charge in [0.05, 0.1) is 12.1 Å². The van der Waals surface area contributed by atoms with Crippen LogP contribution in [0.3, 0.4) is 0 Å². The molecular weight excluding hydrogens is 190 g/mol. The van der Waals surface area contributed by atoms with Gasteiger partial charge < -0.3 is 5.32 Å². The number of alkyl halides is 2. The second-order valence-corrected chi connectivity index (χ2v) is 2.79. The Balaban J connectivity index is 2.65. The minimum Gasteiger partial charge on any atom is -0.346 e. The zero-order valence-corrected chi connectivity index (χ0v) is 7.63. The average Bonchev–Trinajstić information content (AvgIpc) is 2.15. The maximum absolute atomic E-state index is 11.8. The van der Waals surface area contributed by atoms with Crippen molar-refractivity contribution in [2.24, 2.45) is 0 Å². The molecule has 76 valence electrons. The summed E-state index contributed by atoms with van der Waals surface area (Å²) >= 11 is 0. The van der Waals surface area contributed by atoms with E-state index in [2.05, 4.69) is 10.3 Å². The molecule has 0 aliphatic carbocycles. The van der Waals surface area contributed by atoms with Crippen LogP contribution >= 0.6 is 0 Å². The molecule has 0 fully saturated rings. The Labute approximate surface area is 80.2 Å². The second-order valence-electron chi connectivity index (χ2n) is 2.79. The number of pyridine rings is 1. The highest BCUT2D eigenvalue weighted by molar-refractivity contribution is 5.95. The van der Waals surface area contributed by atoms with E-state index >= 15 is 0 Å². The quantitative estimate of drug-likeness (QED) is 0.801. The van der Waals surface area contributed by atoms with Crippen LogP contribution in [0.1, 0.15) is 15.9 Å². The fraction of sp³-hybridized carbons (Fsp3) is 0.333. The predicted molar refractivity (Wildman–Crippen MR) is 47.3 cm³/mol. The van der Waals surface area contributed by atoms with Crippen LogP contribution in [0.25, 0.3) is 0 Å². The molecule has 5 heteroatoms. The van der Waals surface area contributed by atoms with Gasteiger partial charge in [-0.25, -0.2) is 8.78 Å². The molecule has 1 heterocycles. The van der Waals surface area contributed by atoms with E-state index in [1.54, 1.807) is 19.2 Å². The van der Waals surface area contributed by atoms with Gasteiger partial charge in [0, 0.05) is 12.4 Å². The van der Waals surface area contributed by atoms with Crippen LogP contribution in [0, 0.1) is 6.92 Å². The van der Waals surface area contributed by atoms with E-state index in [1.165, 1.54) is 6.20 Å². The minimum atomic E-state index is -2.53. The summed E-state index contributed by atoms with van der Waals surface area (Å²) in [6.45, 7) is 1.09. The Morgan fingerprint density at radius 1 is 1.64 bits per heavy atom. The van der Waals surface area contributed by atoms with Crippen LogP contribution in [0.5, 0.6) is 0 Å². The van der Waals surface area contributed by atoms with Gasteiger partial charge in [-0.15, -0.1) is 0 Å². The Hall–Kier alpha value is -1.52. The lowest BCUT2D eigenvalue weighted by molar-refractivity contribution is 0.0890. The van der Waals surface area contributed by atoms with Crippen LogP contribution < -0.4 is 5.32 Å². The summed E-state index contributed by atoms with van der Waals surface area (Å²) in [7, 11) is 0. The third kappa shape index (κ3) is 2.76. The topological polar surface area (TPSA) is 42.0 Å². The number of carbonyl (C=O) groups excluding carboxylic acids is 1. The van der Waals surface area contributed by atoms with Crippen LogP contribution in [-0.4, -0.2) is 23.9 Å². The number of amides is 1. The highest BCUT2D eigenvalue weighted by Crippen LogP contribution is 2.04. The first-order valence-corrected chi connectivity index (χ1v) is 4.08. The number of carbonyl (C=O) groups is 1. The monoisotopic (exact) mass is 200 g/mol. The Morgan fingerprint density at radius 3 is 2.93 bits per heavy atom. The molecule has 0 unspecified atom stereocenters. The number of hydrogen-bond acceptors (Lipinski definition) is 2. The number of hydrogen-bond donors (Lipinski definition) is 1. The summed E-state index contributed by atoms with van der Waals surface area (Å²) in [5.74, 6) is -0.518. The number of rotatable bonds is 3. The number of aryl methyl sites for hydroxylation is 1. The van der Waals surface area contributed by atoms with Crippen molar-refractivity contribution in [3.8, 4) is 0 Å². The molecule has 1 rings (SSSR count). The zero-order chi connectivity index (χ0) is 10.6. The predicted octanol–water partition coefficient (Wildman–Crippen LogP) is 1.38. The summed E-state index contributed by atoms with van der Waals surface area (Å²) in [4.78, 5) is 15.0. The van der Waals surface area contributed by atoms with Gasteiger partial charge in [0.25, 0.3) is 12.3 Å². The van der Waals surface area contributed by atoms with E-state index in [0.29, 0.717) is 11.1 Å². The average molecular weight is 200 g/mol. The Morgan fingerprint density at radius 2 is 2.36 bits per heavy atom. The third-order valence-corrected chi connectivity index (χ3v) is 1.70. The van der Waals surface area contributed by atoms with Crippen molar-refractivity contribution < 1.29 is 13.6 Å². The van der Waals surface area contributed by atoms with Gasteiger partial charge >= 0.3 is 0 Å². The first-order valence-electron chi connectivity index (χ1n) is 4.08. The summed E-state index contributed by atoms with van der Waals surface area (Å²) in [5, 5.41) is 2.11. The highest BCUT2D eigenvalue weighted by atomic mass is 19.3. The molecule has 1 aromatic heterocycles. The van der Waals surface area contributed by atoms with Gasteiger partial charge in [-0.2, -0.15) is 0 Å². The fourth-order valence-electron chi connectivity index (χ4n) is 0.967. The first kappa shape index (κ1) is 10.6. The molecular formula is C9H10F2N2O. The molecule has 1 aromatic rings. The van der Waals surface area contributed by atoms with Crippen molar-refractivity contribution in [3.63, 3.8) is 0 Å². The maximum atomic E-state index is 11.8. The minimum absolute atomic E-state index is 0.327. The summed E-state index contributed by atoms with van der Waals surface area (Å²) in [6.07, 6.45) is 0.367. The van der Waals surface area contributed by atoms with Gasteiger partial charge in [0.15, 0.2) is 0 Å². The van der Waals surface area contributed by atoms with Gasteiger partial charge in [-0.1, -0.05) is 0 Å². The normalized spacial score (nSPS) is 10.3. The second kappa shape index (κ2) is 4.64. The molecule has 0 aliphatic rings. The molecule has 0 saturated carbocycles. The molecule has 0 bridgehead atoms. The molecule has 0 saturated heterocycles. The molecule has 0 atom stereocenters. The van der Waals surface area contributed by atoms with E-state index < -0.39 is 18.9 Å². The van der Waals surface area contributed by atoms with Crippen molar-refractivity contribution >= 4 is 5.91 Å². The lowest BCUT2D eigenvalue weighted by Gasteiger charge is -2.05. The van der Waals surface area contributed by atoms with Gasteiger partial charge in [0.2, 0.25) is 0 Å². The SMILES string of the molecule is Cc1ccncc1C(=O)NCC(F)F. The Bertz CT molecular complexity index is 328. The van der Waals surface area contributed by atoms with Crippen LogP contribution in [-0.2, 0) is 0 Å². The van der Waals surface area contributed by atoms with Crippen LogP contribution in [0.15, 0.2) is 18.5 Å². The lowest BCUT2D eigenvalue weighted by atomic mass is 10.1. The number of nitrogens with one attached hydrogen (secondary N) is 1. The van der Waals surface area contributed by atoms with E-state index in [1.807, 2.05) is 0 Å². The van der Waals surface area contributed by atoms with E-state index in [9.17, 15) is 13.6 Å². The van der Waals surface area contributed by atoms with Gasteiger partial charge in [0.1, 0.15) is 0 Å². The van der Waals surface area contributed by atoms with Crippen molar-refractivity contribution in [1.29, 1.82) is 0 Å². The number of halogens is 2. The summed E-state index contributed by atoms with van der Waals surface area (Å²) in [6, 6.07) is 1.65. The molecule has 1 N–H and O–H groups in total. The van der Waals surface area contributed by atoms with Crippen molar-refractivity contribution in [2.75, 3.05) is 6.54 Å². The largest absolute Gasteiger partial charge is 0.346 e. The lowest BCUT2D eigenvalue weighted by Crippen LogP contribution is -2.29. The van der Waals surface area contributed by atoms with Gasteiger partial charge in [-0.3, -0.25) is 9.78 Å². The molecule has 14 heavy (non-hydrogen) atoms. The third-order valence-electron chi connectivity index (χ3n) is 1.70. The molecule has 3 nitrogen and oxygen atoms in total. The molecule has 0 aromatic carbocycles. The highest BCUT2D eigenvalue weighted by Gasteiger charge is 2.10. The van der Waals surface area contributed by atoms with E-state index in [0.717, 1.165) is 0 Å². The van der Waals surface area contributed by atoms with Crippen LogP contribution in [0.2, 0.25) is 0 Å². The molecule has 1 amide bonds. The van der Waals surface area contributed by atoms with Crippen molar-refractivity contribution in [3.05, 3.63) is 29.6 Å². The maximum Gasteiger partial charge on any atom is 0.255 e. The number of nitrogens with zero attached hydrogens (tertiary/aromatic N) is 1. The fourth-order valence-corrected chi connectivity index (χ4v) is 0.967. The first-order chi connectivity index (χ1) is 6.61. The van der Waals surface area contributed by atoms with Crippen molar-refractivity contribution in [2.45, 2.75) is 13.3 Å². The number of aromatic nitrogens is 1. The molecule has 0 spiro atoms.